The number of hydrogen-bond acceptors (Lipinski definition) is 5. The van der Waals surface area contributed by atoms with Crippen molar-refractivity contribution in [2.75, 3.05) is 13.1 Å². The molecule has 0 radical (unpaired) electrons. The van der Waals surface area contributed by atoms with Gasteiger partial charge < -0.3 is 5.32 Å². The lowest BCUT2D eigenvalue weighted by atomic mass is 9.94. The molecule has 0 amide bonds. The summed E-state index contributed by atoms with van der Waals surface area (Å²) in [5.74, 6) is 0.805. The fourth-order valence-corrected chi connectivity index (χ4v) is 2.20. The quantitative estimate of drug-likeness (QED) is 0.813. The first-order valence-electron chi connectivity index (χ1n) is 6.24. The van der Waals surface area contributed by atoms with Gasteiger partial charge in [0, 0.05) is 24.7 Å². The van der Waals surface area contributed by atoms with Gasteiger partial charge in [-0.25, -0.2) is 0 Å². The number of tetrazole rings is 1. The van der Waals surface area contributed by atoms with E-state index in [1.54, 1.807) is 7.05 Å². The Morgan fingerprint density at radius 1 is 1.53 bits per heavy atom. The highest BCUT2D eigenvalue weighted by molar-refractivity contribution is 4.94. The van der Waals surface area contributed by atoms with Crippen molar-refractivity contribution >= 4 is 0 Å². The molecule has 2 unspecified atom stereocenters. The maximum atomic E-state index is 4.25. The molecule has 0 aliphatic carbocycles. The van der Waals surface area contributed by atoms with E-state index in [1.807, 2.05) is 0 Å². The van der Waals surface area contributed by atoms with Gasteiger partial charge in [0.1, 0.15) is 0 Å². The van der Waals surface area contributed by atoms with Gasteiger partial charge in [-0.05, 0) is 25.5 Å². The predicted molar refractivity (Wildman–Crippen MR) is 65.4 cm³/mol. The van der Waals surface area contributed by atoms with E-state index in [4.69, 9.17) is 0 Å². The summed E-state index contributed by atoms with van der Waals surface area (Å²) in [6.45, 7) is 9.57. The van der Waals surface area contributed by atoms with Crippen LogP contribution in [0.4, 0.5) is 0 Å². The Morgan fingerprint density at radius 2 is 2.29 bits per heavy atom. The summed E-state index contributed by atoms with van der Waals surface area (Å²) in [6.07, 6.45) is 1.13. The average molecular weight is 238 g/mol. The maximum absolute atomic E-state index is 4.25. The molecule has 2 rings (SSSR count). The summed E-state index contributed by atoms with van der Waals surface area (Å²) >= 11 is 0. The lowest BCUT2D eigenvalue weighted by Crippen LogP contribution is -2.61. The zero-order valence-electron chi connectivity index (χ0n) is 11.1. The van der Waals surface area contributed by atoms with Crippen molar-refractivity contribution in [1.82, 2.24) is 30.4 Å². The Hall–Kier alpha value is -1.01. The second-order valence-corrected chi connectivity index (χ2v) is 5.24. The SMILES string of the molecule is CCC1(C)CN(Cc2nnn(C)n2)C(C)CN1. The summed E-state index contributed by atoms with van der Waals surface area (Å²) in [7, 11) is 1.80. The standard InChI is InChI=1S/C11H22N6/c1-5-11(3)8-17(9(2)6-12-11)7-10-13-15-16(4)14-10/h9,12H,5-8H2,1-4H3. The molecule has 17 heavy (non-hydrogen) atoms. The number of aryl methyl sites for hydroxylation is 1. The van der Waals surface area contributed by atoms with E-state index in [1.165, 1.54) is 4.80 Å². The first-order chi connectivity index (χ1) is 8.02. The summed E-state index contributed by atoms with van der Waals surface area (Å²) in [5, 5.41) is 15.8. The molecule has 1 aliphatic rings. The molecular formula is C11H22N6. The molecule has 1 saturated heterocycles. The van der Waals surface area contributed by atoms with Crippen molar-refractivity contribution in [2.45, 2.75) is 45.3 Å². The van der Waals surface area contributed by atoms with Gasteiger partial charge in [0.25, 0.3) is 0 Å². The van der Waals surface area contributed by atoms with Gasteiger partial charge in [-0.1, -0.05) is 6.92 Å². The molecule has 0 bridgehead atoms. The summed E-state index contributed by atoms with van der Waals surface area (Å²) < 4.78 is 0. The smallest absolute Gasteiger partial charge is 0.188 e. The van der Waals surface area contributed by atoms with Gasteiger partial charge in [-0.3, -0.25) is 4.90 Å². The first kappa shape index (κ1) is 12.4. The second kappa shape index (κ2) is 4.70. The van der Waals surface area contributed by atoms with E-state index < -0.39 is 0 Å². The molecule has 0 spiro atoms. The van der Waals surface area contributed by atoms with E-state index in [-0.39, 0.29) is 5.54 Å². The van der Waals surface area contributed by atoms with E-state index >= 15 is 0 Å². The fourth-order valence-electron chi connectivity index (χ4n) is 2.20. The third-order valence-corrected chi connectivity index (χ3v) is 3.67. The summed E-state index contributed by atoms with van der Waals surface area (Å²) in [6, 6.07) is 0.512. The van der Waals surface area contributed by atoms with E-state index in [2.05, 4.69) is 46.4 Å². The monoisotopic (exact) mass is 238 g/mol. The zero-order chi connectivity index (χ0) is 12.5. The van der Waals surface area contributed by atoms with Crippen molar-refractivity contribution < 1.29 is 0 Å². The van der Waals surface area contributed by atoms with Crippen LogP contribution in [0, 0.1) is 0 Å². The normalized spacial score (nSPS) is 30.7. The highest BCUT2D eigenvalue weighted by Gasteiger charge is 2.32. The van der Waals surface area contributed by atoms with Crippen molar-refractivity contribution in [3.05, 3.63) is 5.82 Å². The van der Waals surface area contributed by atoms with Crippen LogP contribution in [0.15, 0.2) is 0 Å². The van der Waals surface area contributed by atoms with Crippen molar-refractivity contribution in [1.29, 1.82) is 0 Å². The molecule has 96 valence electrons. The van der Waals surface area contributed by atoms with Crippen LogP contribution in [0.5, 0.6) is 0 Å². The van der Waals surface area contributed by atoms with Gasteiger partial charge in [0.05, 0.1) is 13.6 Å². The van der Waals surface area contributed by atoms with Crippen molar-refractivity contribution in [2.24, 2.45) is 7.05 Å². The third kappa shape index (κ3) is 2.81. The van der Waals surface area contributed by atoms with Crippen molar-refractivity contribution in [3.63, 3.8) is 0 Å². The Kier molecular flexibility index (Phi) is 3.44. The van der Waals surface area contributed by atoms with Gasteiger partial charge in [0.2, 0.25) is 0 Å². The van der Waals surface area contributed by atoms with Crippen LogP contribution in [-0.4, -0.2) is 49.8 Å². The number of nitrogens with zero attached hydrogens (tertiary/aromatic N) is 5. The third-order valence-electron chi connectivity index (χ3n) is 3.67. The van der Waals surface area contributed by atoms with E-state index in [9.17, 15) is 0 Å². The van der Waals surface area contributed by atoms with Gasteiger partial charge >= 0.3 is 0 Å². The van der Waals surface area contributed by atoms with Crippen LogP contribution < -0.4 is 5.32 Å². The lowest BCUT2D eigenvalue weighted by Gasteiger charge is -2.44. The van der Waals surface area contributed by atoms with Gasteiger partial charge in [-0.2, -0.15) is 4.80 Å². The number of rotatable bonds is 3. The first-order valence-corrected chi connectivity index (χ1v) is 6.24. The molecule has 1 aliphatic heterocycles. The molecule has 0 saturated carbocycles. The Labute approximate surface area is 102 Å². The Bertz CT molecular complexity index is 376. The van der Waals surface area contributed by atoms with E-state index in [0.29, 0.717) is 6.04 Å². The number of nitrogens with one attached hydrogen (secondary N) is 1. The number of piperazine rings is 1. The highest BCUT2D eigenvalue weighted by atomic mass is 15.6. The minimum Gasteiger partial charge on any atom is -0.309 e. The second-order valence-electron chi connectivity index (χ2n) is 5.24. The lowest BCUT2D eigenvalue weighted by molar-refractivity contribution is 0.0841. The van der Waals surface area contributed by atoms with Crippen molar-refractivity contribution in [3.8, 4) is 0 Å². The molecule has 1 aromatic heterocycles. The van der Waals surface area contributed by atoms with Crippen LogP contribution >= 0.6 is 0 Å². The Balaban J connectivity index is 2.03. The summed E-state index contributed by atoms with van der Waals surface area (Å²) in [5.41, 5.74) is 0.203. The zero-order valence-corrected chi connectivity index (χ0v) is 11.1. The molecule has 6 heteroatoms. The molecule has 6 nitrogen and oxygen atoms in total. The average Bonchev–Trinajstić information content (AvgIpc) is 2.70. The van der Waals surface area contributed by atoms with Crippen LogP contribution in [0.2, 0.25) is 0 Å². The van der Waals surface area contributed by atoms with Gasteiger partial charge in [-0.15, -0.1) is 10.2 Å². The molecule has 2 atom stereocenters. The molecule has 1 N–H and O–H groups in total. The number of aromatic nitrogens is 4. The molecule has 1 fully saturated rings. The van der Waals surface area contributed by atoms with E-state index in [0.717, 1.165) is 31.9 Å². The van der Waals surface area contributed by atoms with Gasteiger partial charge in [0.15, 0.2) is 5.82 Å². The highest BCUT2D eigenvalue weighted by Crippen LogP contribution is 2.19. The van der Waals surface area contributed by atoms with Crippen LogP contribution in [0.3, 0.4) is 0 Å². The Morgan fingerprint density at radius 3 is 2.88 bits per heavy atom. The molecule has 0 aromatic carbocycles. The molecule has 2 heterocycles. The maximum Gasteiger partial charge on any atom is 0.188 e. The summed E-state index contributed by atoms with van der Waals surface area (Å²) in [4.78, 5) is 3.94. The molecule has 1 aromatic rings. The predicted octanol–water partition coefficient (Wildman–Crippen LogP) is 0.173. The minimum absolute atomic E-state index is 0.203. The van der Waals surface area contributed by atoms with Crippen LogP contribution in [0.25, 0.3) is 0 Å². The number of hydrogen-bond donors (Lipinski definition) is 1. The largest absolute Gasteiger partial charge is 0.309 e. The minimum atomic E-state index is 0.203. The van der Waals surface area contributed by atoms with Crippen LogP contribution in [-0.2, 0) is 13.6 Å². The molecular weight excluding hydrogens is 216 g/mol. The fraction of sp³-hybridized carbons (Fsp3) is 0.909. The topological polar surface area (TPSA) is 58.9 Å². The van der Waals surface area contributed by atoms with Crippen LogP contribution in [0.1, 0.15) is 33.0 Å².